The van der Waals surface area contributed by atoms with Crippen molar-refractivity contribution >= 4 is 40.7 Å². The standard InChI is InChI=1S/C25H27Cl2NO4/c1-5-10-28-22(16-6-8-18(26)19(27)12-16)21(24(30)25(28)31)23(29)17-7-9-20(15(4)11-17)32-13-14(2)3/h6-9,11-12,14,22,29H,5,10,13H2,1-4H3/b23-21-. The van der Waals surface area contributed by atoms with Gasteiger partial charge in [-0.3, -0.25) is 9.59 Å². The van der Waals surface area contributed by atoms with Crippen molar-refractivity contribution in [3.8, 4) is 5.75 Å². The van der Waals surface area contributed by atoms with Crippen LogP contribution in [-0.4, -0.2) is 34.8 Å². The molecule has 0 spiro atoms. The average Bonchev–Trinajstić information content (AvgIpc) is 2.99. The number of benzene rings is 2. The summed E-state index contributed by atoms with van der Waals surface area (Å²) < 4.78 is 5.81. The van der Waals surface area contributed by atoms with Crippen molar-refractivity contribution in [2.45, 2.75) is 40.2 Å². The number of hydrogen-bond acceptors (Lipinski definition) is 4. The van der Waals surface area contributed by atoms with Crippen molar-refractivity contribution in [3.05, 3.63) is 68.7 Å². The third-order valence-corrected chi connectivity index (χ3v) is 6.02. The second kappa shape index (κ2) is 9.97. The molecule has 7 heteroatoms. The van der Waals surface area contributed by atoms with Gasteiger partial charge in [-0.2, -0.15) is 0 Å². The Morgan fingerprint density at radius 2 is 1.84 bits per heavy atom. The fourth-order valence-electron chi connectivity index (χ4n) is 3.75. The zero-order valence-electron chi connectivity index (χ0n) is 18.6. The van der Waals surface area contributed by atoms with Crippen molar-refractivity contribution < 1.29 is 19.4 Å². The summed E-state index contributed by atoms with van der Waals surface area (Å²) in [5.41, 5.74) is 1.92. The summed E-state index contributed by atoms with van der Waals surface area (Å²) in [6.07, 6.45) is 0.659. The van der Waals surface area contributed by atoms with E-state index in [4.69, 9.17) is 27.9 Å². The Hall–Kier alpha value is -2.50. The molecule has 32 heavy (non-hydrogen) atoms. The number of likely N-dealkylation sites (tertiary alicyclic amines) is 1. The summed E-state index contributed by atoms with van der Waals surface area (Å²) in [7, 11) is 0. The Balaban J connectivity index is 2.10. The molecule has 1 aliphatic heterocycles. The highest BCUT2D eigenvalue weighted by molar-refractivity contribution is 6.46. The van der Waals surface area contributed by atoms with E-state index in [1.165, 1.54) is 4.90 Å². The SMILES string of the molecule is CCCN1C(=O)C(=O)/C(=C(\O)c2ccc(OCC(C)C)c(C)c2)C1c1ccc(Cl)c(Cl)c1. The zero-order chi connectivity index (χ0) is 23.6. The maximum absolute atomic E-state index is 13.0. The van der Waals surface area contributed by atoms with Crippen molar-refractivity contribution in [3.63, 3.8) is 0 Å². The van der Waals surface area contributed by atoms with Crippen LogP contribution in [0.5, 0.6) is 5.75 Å². The molecule has 1 N–H and O–H groups in total. The number of carbonyl (C=O) groups excluding carboxylic acids is 2. The van der Waals surface area contributed by atoms with E-state index in [1.54, 1.807) is 36.4 Å². The van der Waals surface area contributed by atoms with E-state index in [-0.39, 0.29) is 11.3 Å². The van der Waals surface area contributed by atoms with Crippen molar-refractivity contribution in [1.82, 2.24) is 4.90 Å². The molecule has 0 saturated carbocycles. The molecule has 1 fully saturated rings. The van der Waals surface area contributed by atoms with E-state index in [0.717, 1.165) is 5.56 Å². The van der Waals surface area contributed by atoms with Gasteiger partial charge in [0.15, 0.2) is 0 Å². The third-order valence-electron chi connectivity index (χ3n) is 5.28. The lowest BCUT2D eigenvalue weighted by molar-refractivity contribution is -0.139. The summed E-state index contributed by atoms with van der Waals surface area (Å²) in [6, 6.07) is 9.43. The van der Waals surface area contributed by atoms with Crippen LogP contribution in [0, 0.1) is 12.8 Å². The lowest BCUT2D eigenvalue weighted by atomic mass is 9.94. The summed E-state index contributed by atoms with van der Waals surface area (Å²) in [5, 5.41) is 11.8. The molecule has 2 aromatic carbocycles. The minimum absolute atomic E-state index is 0.0390. The Kier molecular flexibility index (Phi) is 7.52. The van der Waals surface area contributed by atoms with Crippen LogP contribution in [0.25, 0.3) is 5.76 Å². The number of ketones is 1. The molecule has 1 heterocycles. The van der Waals surface area contributed by atoms with Crippen LogP contribution in [-0.2, 0) is 9.59 Å². The highest BCUT2D eigenvalue weighted by Crippen LogP contribution is 2.41. The first-order chi connectivity index (χ1) is 15.1. The predicted molar refractivity (Wildman–Crippen MR) is 127 cm³/mol. The van der Waals surface area contributed by atoms with Crippen molar-refractivity contribution in [2.24, 2.45) is 5.92 Å². The van der Waals surface area contributed by atoms with E-state index in [2.05, 4.69) is 13.8 Å². The van der Waals surface area contributed by atoms with E-state index < -0.39 is 17.7 Å². The smallest absolute Gasteiger partial charge is 0.295 e. The average molecular weight is 476 g/mol. The molecule has 2 aromatic rings. The van der Waals surface area contributed by atoms with Gasteiger partial charge < -0.3 is 14.7 Å². The number of nitrogens with zero attached hydrogens (tertiary/aromatic N) is 1. The summed E-state index contributed by atoms with van der Waals surface area (Å²) in [5.74, 6) is -0.495. The van der Waals surface area contributed by atoms with E-state index >= 15 is 0 Å². The Bertz CT molecular complexity index is 1080. The summed E-state index contributed by atoms with van der Waals surface area (Å²) in [6.45, 7) is 8.86. The molecule has 0 bridgehead atoms. The lowest BCUT2D eigenvalue weighted by Crippen LogP contribution is -2.30. The van der Waals surface area contributed by atoms with Gasteiger partial charge in [-0.15, -0.1) is 0 Å². The number of halogens is 2. The monoisotopic (exact) mass is 475 g/mol. The molecule has 0 aliphatic carbocycles. The van der Waals surface area contributed by atoms with E-state index in [0.29, 0.717) is 52.4 Å². The van der Waals surface area contributed by atoms with E-state index in [1.807, 2.05) is 13.8 Å². The normalized spacial score (nSPS) is 18.0. The molecule has 170 valence electrons. The number of aryl methyl sites for hydroxylation is 1. The number of ether oxygens (including phenoxy) is 1. The van der Waals surface area contributed by atoms with Gasteiger partial charge >= 0.3 is 0 Å². The summed E-state index contributed by atoms with van der Waals surface area (Å²) >= 11 is 12.3. The Morgan fingerprint density at radius 3 is 2.44 bits per heavy atom. The molecule has 1 aliphatic rings. The maximum Gasteiger partial charge on any atom is 0.295 e. The molecule has 0 radical (unpaired) electrons. The number of aliphatic hydroxyl groups excluding tert-OH is 1. The van der Waals surface area contributed by atoms with Gasteiger partial charge in [-0.05, 0) is 60.7 Å². The number of Topliss-reactive ketones (excluding diaryl/α,β-unsaturated/α-hetero) is 1. The minimum atomic E-state index is -0.748. The highest BCUT2D eigenvalue weighted by Gasteiger charge is 2.45. The van der Waals surface area contributed by atoms with Crippen LogP contribution < -0.4 is 4.74 Å². The lowest BCUT2D eigenvalue weighted by Gasteiger charge is -2.25. The number of aliphatic hydroxyl groups is 1. The van der Waals surface area contributed by atoms with Gasteiger partial charge in [0, 0.05) is 12.1 Å². The minimum Gasteiger partial charge on any atom is -0.507 e. The van der Waals surface area contributed by atoms with Crippen molar-refractivity contribution in [1.29, 1.82) is 0 Å². The zero-order valence-corrected chi connectivity index (χ0v) is 20.1. The molecule has 1 unspecified atom stereocenters. The molecular weight excluding hydrogens is 449 g/mol. The van der Waals surface area contributed by atoms with E-state index in [9.17, 15) is 14.7 Å². The predicted octanol–water partition coefficient (Wildman–Crippen LogP) is 6.17. The number of amides is 1. The number of hydrogen-bond donors (Lipinski definition) is 1. The van der Waals surface area contributed by atoms with Crippen LogP contribution in [0.2, 0.25) is 10.0 Å². The fourth-order valence-corrected chi connectivity index (χ4v) is 4.06. The van der Waals surface area contributed by atoms with Crippen LogP contribution >= 0.6 is 23.2 Å². The van der Waals surface area contributed by atoms with Crippen LogP contribution in [0.3, 0.4) is 0 Å². The molecular formula is C25H27Cl2NO4. The molecule has 1 atom stereocenters. The Morgan fingerprint density at radius 1 is 1.12 bits per heavy atom. The molecule has 0 aromatic heterocycles. The largest absolute Gasteiger partial charge is 0.507 e. The maximum atomic E-state index is 13.0. The van der Waals surface area contributed by atoms with Crippen LogP contribution in [0.1, 0.15) is 49.9 Å². The first kappa shape index (κ1) is 24.1. The fraction of sp³-hybridized carbons (Fsp3) is 0.360. The molecule has 1 amide bonds. The quantitative estimate of drug-likeness (QED) is 0.295. The second-order valence-electron chi connectivity index (χ2n) is 8.35. The van der Waals surface area contributed by atoms with Crippen molar-refractivity contribution in [2.75, 3.05) is 13.2 Å². The number of rotatable bonds is 7. The second-order valence-corrected chi connectivity index (χ2v) is 9.17. The topological polar surface area (TPSA) is 66.8 Å². The highest BCUT2D eigenvalue weighted by atomic mass is 35.5. The van der Waals surface area contributed by atoms with Gasteiger partial charge in [0.2, 0.25) is 0 Å². The summed E-state index contributed by atoms with van der Waals surface area (Å²) in [4.78, 5) is 27.2. The van der Waals surface area contributed by atoms with Gasteiger partial charge in [-0.1, -0.05) is 50.0 Å². The molecule has 5 nitrogen and oxygen atoms in total. The van der Waals surface area contributed by atoms with Gasteiger partial charge in [0.1, 0.15) is 11.5 Å². The molecule has 3 rings (SSSR count). The van der Waals surface area contributed by atoms with Gasteiger partial charge in [0.25, 0.3) is 11.7 Å². The Labute approximate surface area is 198 Å². The van der Waals surface area contributed by atoms with Gasteiger partial charge in [0.05, 0.1) is 28.3 Å². The third kappa shape index (κ3) is 4.79. The first-order valence-corrected chi connectivity index (χ1v) is 11.4. The number of carbonyl (C=O) groups is 2. The van der Waals surface area contributed by atoms with Crippen LogP contribution in [0.15, 0.2) is 42.0 Å². The van der Waals surface area contributed by atoms with Crippen LogP contribution in [0.4, 0.5) is 0 Å². The molecule has 1 saturated heterocycles. The first-order valence-electron chi connectivity index (χ1n) is 10.6. The van der Waals surface area contributed by atoms with Gasteiger partial charge in [-0.25, -0.2) is 0 Å².